The Hall–Kier alpha value is -2.11. The topological polar surface area (TPSA) is 72.7 Å². The lowest BCUT2D eigenvalue weighted by molar-refractivity contribution is -0.384. The van der Waals surface area contributed by atoms with E-state index in [0.29, 0.717) is 5.92 Å². The first kappa shape index (κ1) is 15.3. The van der Waals surface area contributed by atoms with E-state index < -0.39 is 4.92 Å². The van der Waals surface area contributed by atoms with Crippen molar-refractivity contribution in [2.45, 2.75) is 32.8 Å². The number of rotatable bonds is 4. The fraction of sp³-hybridized carbons (Fsp3) is 0.533. The molecule has 0 bridgehead atoms. The number of benzene rings is 1. The number of amides is 1. The number of nitro groups is 1. The van der Waals surface area contributed by atoms with E-state index in [4.69, 9.17) is 4.74 Å². The molecule has 1 fully saturated rings. The molecule has 2 rings (SSSR count). The van der Waals surface area contributed by atoms with Crippen molar-refractivity contribution in [1.29, 1.82) is 0 Å². The molecule has 0 saturated carbocycles. The molecule has 21 heavy (non-hydrogen) atoms. The Labute approximate surface area is 123 Å². The van der Waals surface area contributed by atoms with Crippen molar-refractivity contribution in [2.75, 3.05) is 13.1 Å². The Kier molecular flexibility index (Phi) is 5.14. The summed E-state index contributed by atoms with van der Waals surface area (Å²) in [5, 5.41) is 10.5. The van der Waals surface area contributed by atoms with Crippen LogP contribution in [0, 0.1) is 16.0 Å². The lowest BCUT2D eigenvalue weighted by atomic mass is 9.95. The Balaban J connectivity index is 1.80. The summed E-state index contributed by atoms with van der Waals surface area (Å²) < 4.78 is 5.25. The summed E-state index contributed by atoms with van der Waals surface area (Å²) in [6.45, 7) is 3.81. The second kappa shape index (κ2) is 7.06. The van der Waals surface area contributed by atoms with E-state index in [2.05, 4.69) is 6.92 Å². The molecule has 6 nitrogen and oxygen atoms in total. The van der Waals surface area contributed by atoms with Crippen molar-refractivity contribution >= 4 is 11.8 Å². The molecule has 1 aromatic carbocycles. The van der Waals surface area contributed by atoms with Crippen molar-refractivity contribution in [3.63, 3.8) is 0 Å². The van der Waals surface area contributed by atoms with Crippen LogP contribution in [0.1, 0.15) is 31.7 Å². The molecule has 0 atom stereocenters. The lowest BCUT2D eigenvalue weighted by Gasteiger charge is -2.30. The second-order valence-electron chi connectivity index (χ2n) is 5.32. The number of hydrogen-bond donors (Lipinski definition) is 0. The SMILES string of the molecule is CCC1CCN(C(=O)OCc2ccc([N+](=O)[O-])cc2)CC1. The molecule has 1 amide bonds. The van der Waals surface area contributed by atoms with Crippen molar-refractivity contribution in [3.05, 3.63) is 39.9 Å². The van der Waals surface area contributed by atoms with Crippen LogP contribution in [-0.4, -0.2) is 29.0 Å². The van der Waals surface area contributed by atoms with E-state index in [0.717, 1.165) is 37.9 Å². The van der Waals surface area contributed by atoms with Gasteiger partial charge in [0.25, 0.3) is 5.69 Å². The molecule has 0 aliphatic carbocycles. The number of ether oxygens (including phenoxy) is 1. The largest absolute Gasteiger partial charge is 0.445 e. The summed E-state index contributed by atoms with van der Waals surface area (Å²) in [6.07, 6.45) is 2.92. The van der Waals surface area contributed by atoms with Gasteiger partial charge in [-0.2, -0.15) is 0 Å². The van der Waals surface area contributed by atoms with E-state index in [1.807, 2.05) is 0 Å². The Morgan fingerprint density at radius 3 is 2.48 bits per heavy atom. The van der Waals surface area contributed by atoms with Crippen LogP contribution in [0.5, 0.6) is 0 Å². The highest BCUT2D eigenvalue weighted by Crippen LogP contribution is 2.20. The summed E-state index contributed by atoms with van der Waals surface area (Å²) >= 11 is 0. The van der Waals surface area contributed by atoms with Gasteiger partial charge >= 0.3 is 6.09 Å². The fourth-order valence-electron chi connectivity index (χ4n) is 2.47. The zero-order valence-electron chi connectivity index (χ0n) is 12.2. The van der Waals surface area contributed by atoms with Crippen molar-refractivity contribution in [3.8, 4) is 0 Å². The minimum Gasteiger partial charge on any atom is -0.445 e. The van der Waals surface area contributed by atoms with Gasteiger partial charge < -0.3 is 9.64 Å². The van der Waals surface area contributed by atoms with Gasteiger partial charge in [0.15, 0.2) is 0 Å². The van der Waals surface area contributed by atoms with Gasteiger partial charge in [-0.15, -0.1) is 0 Å². The quantitative estimate of drug-likeness (QED) is 0.630. The minimum atomic E-state index is -0.451. The van der Waals surface area contributed by atoms with Gasteiger partial charge in [0.1, 0.15) is 6.61 Å². The molecular formula is C15H20N2O4. The third kappa shape index (κ3) is 4.18. The highest BCUT2D eigenvalue weighted by Gasteiger charge is 2.22. The number of hydrogen-bond acceptors (Lipinski definition) is 4. The first-order valence-electron chi connectivity index (χ1n) is 7.25. The predicted octanol–water partition coefficient (Wildman–Crippen LogP) is 3.35. The van der Waals surface area contributed by atoms with Crippen molar-refractivity contribution < 1.29 is 14.5 Å². The number of likely N-dealkylation sites (tertiary alicyclic amines) is 1. The third-order valence-electron chi connectivity index (χ3n) is 3.96. The Morgan fingerprint density at radius 2 is 1.95 bits per heavy atom. The molecule has 0 N–H and O–H groups in total. The summed E-state index contributed by atoms with van der Waals surface area (Å²) in [6, 6.07) is 6.04. The van der Waals surface area contributed by atoms with Crippen molar-refractivity contribution in [1.82, 2.24) is 4.90 Å². The number of non-ortho nitro benzene ring substituents is 1. The van der Waals surface area contributed by atoms with Crippen molar-refractivity contribution in [2.24, 2.45) is 5.92 Å². The van der Waals surface area contributed by atoms with Crippen LogP contribution >= 0.6 is 0 Å². The number of nitrogens with zero attached hydrogens (tertiary/aromatic N) is 2. The molecule has 1 aliphatic rings. The smallest absolute Gasteiger partial charge is 0.410 e. The first-order chi connectivity index (χ1) is 10.1. The standard InChI is InChI=1S/C15H20N2O4/c1-2-12-7-9-16(10-8-12)15(18)21-11-13-3-5-14(6-4-13)17(19)20/h3-6,12H,2,7-11H2,1H3. The number of carbonyl (C=O) groups is 1. The second-order valence-corrected chi connectivity index (χ2v) is 5.32. The molecule has 0 aromatic heterocycles. The third-order valence-corrected chi connectivity index (χ3v) is 3.96. The van der Waals surface area contributed by atoms with Crippen LogP contribution in [0.25, 0.3) is 0 Å². The summed E-state index contributed by atoms with van der Waals surface area (Å²) in [5.74, 6) is 0.712. The van der Waals surface area contributed by atoms with Crippen LogP contribution in [0.15, 0.2) is 24.3 Å². The Morgan fingerprint density at radius 1 is 1.33 bits per heavy atom. The molecule has 6 heteroatoms. The molecule has 1 saturated heterocycles. The van der Waals surface area contributed by atoms with Gasteiger partial charge in [-0.25, -0.2) is 4.79 Å². The molecular weight excluding hydrogens is 272 g/mol. The van der Waals surface area contributed by atoms with E-state index in [1.54, 1.807) is 17.0 Å². The van der Waals surface area contributed by atoms with E-state index >= 15 is 0 Å². The highest BCUT2D eigenvalue weighted by atomic mass is 16.6. The zero-order chi connectivity index (χ0) is 15.2. The van der Waals surface area contributed by atoms with Gasteiger partial charge in [-0.3, -0.25) is 10.1 Å². The van der Waals surface area contributed by atoms with Crippen LogP contribution < -0.4 is 0 Å². The summed E-state index contributed by atoms with van der Waals surface area (Å²) in [5.41, 5.74) is 0.782. The van der Waals surface area contributed by atoms with Gasteiger partial charge in [0.05, 0.1) is 4.92 Å². The van der Waals surface area contributed by atoms with E-state index in [1.165, 1.54) is 12.1 Å². The van der Waals surface area contributed by atoms with Crippen LogP contribution in [-0.2, 0) is 11.3 Å². The summed E-state index contributed by atoms with van der Waals surface area (Å²) in [7, 11) is 0. The fourth-order valence-corrected chi connectivity index (χ4v) is 2.47. The van der Waals surface area contributed by atoms with Crippen LogP contribution in [0.2, 0.25) is 0 Å². The molecule has 1 aromatic rings. The molecule has 0 radical (unpaired) electrons. The molecule has 0 spiro atoms. The highest BCUT2D eigenvalue weighted by molar-refractivity contribution is 5.67. The molecule has 1 aliphatic heterocycles. The average Bonchev–Trinajstić information content (AvgIpc) is 2.53. The van der Waals surface area contributed by atoms with E-state index in [-0.39, 0.29) is 18.4 Å². The van der Waals surface area contributed by atoms with Gasteiger partial charge in [-0.05, 0) is 36.5 Å². The lowest BCUT2D eigenvalue weighted by Crippen LogP contribution is -2.38. The van der Waals surface area contributed by atoms with E-state index in [9.17, 15) is 14.9 Å². The van der Waals surface area contributed by atoms with Gasteiger partial charge in [-0.1, -0.05) is 13.3 Å². The molecule has 1 heterocycles. The first-order valence-corrected chi connectivity index (χ1v) is 7.25. The maximum Gasteiger partial charge on any atom is 0.410 e. The van der Waals surface area contributed by atoms with Crippen LogP contribution in [0.4, 0.5) is 10.5 Å². The van der Waals surface area contributed by atoms with Gasteiger partial charge in [0, 0.05) is 25.2 Å². The maximum absolute atomic E-state index is 11.9. The zero-order valence-corrected chi connectivity index (χ0v) is 12.2. The monoisotopic (exact) mass is 292 g/mol. The molecule has 114 valence electrons. The molecule has 0 unspecified atom stereocenters. The van der Waals surface area contributed by atoms with Crippen LogP contribution in [0.3, 0.4) is 0 Å². The average molecular weight is 292 g/mol. The van der Waals surface area contributed by atoms with Gasteiger partial charge in [0.2, 0.25) is 0 Å². The number of carbonyl (C=O) groups excluding carboxylic acids is 1. The number of nitro benzene ring substituents is 1. The summed E-state index contributed by atoms with van der Waals surface area (Å²) in [4.78, 5) is 23.8. The minimum absolute atomic E-state index is 0.0340. The predicted molar refractivity (Wildman–Crippen MR) is 77.9 cm³/mol. The normalized spacial score (nSPS) is 15.8. The number of piperidine rings is 1. The Bertz CT molecular complexity index is 493. The maximum atomic E-state index is 11.9.